The van der Waals surface area contributed by atoms with Gasteiger partial charge in [-0.3, -0.25) is 14.4 Å². The van der Waals surface area contributed by atoms with Crippen LogP contribution in [0.3, 0.4) is 0 Å². The number of nitrogens with one attached hydrogen (secondary N) is 3. The predicted octanol–water partition coefficient (Wildman–Crippen LogP) is 2.78. The van der Waals surface area contributed by atoms with E-state index in [4.69, 9.17) is 21.1 Å². The molecule has 2 heterocycles. The zero-order valence-corrected chi connectivity index (χ0v) is 20.5. The Kier molecular flexibility index (Phi) is 9.01. The highest BCUT2D eigenvalue weighted by molar-refractivity contribution is 7.18. The van der Waals surface area contributed by atoms with Crippen LogP contribution in [0.5, 0.6) is 0 Å². The van der Waals surface area contributed by atoms with E-state index in [0.29, 0.717) is 21.5 Å². The lowest BCUT2D eigenvalue weighted by Crippen LogP contribution is -2.51. The lowest BCUT2D eigenvalue weighted by molar-refractivity contribution is -0.125. The van der Waals surface area contributed by atoms with E-state index in [1.165, 1.54) is 23.1 Å². The van der Waals surface area contributed by atoms with Gasteiger partial charge in [-0.05, 0) is 44.2 Å². The fourth-order valence-electron chi connectivity index (χ4n) is 3.10. The van der Waals surface area contributed by atoms with Crippen molar-refractivity contribution in [3.05, 3.63) is 45.4 Å². The second-order valence-electron chi connectivity index (χ2n) is 7.72. The molecule has 0 saturated carbocycles. The number of morpholine rings is 1. The number of rotatable bonds is 8. The molecule has 10 nitrogen and oxygen atoms in total. The third-order valence-corrected chi connectivity index (χ3v) is 5.95. The van der Waals surface area contributed by atoms with Crippen LogP contribution in [0.25, 0.3) is 0 Å². The Morgan fingerprint density at radius 2 is 2.03 bits per heavy atom. The SMILES string of the molecule is CC(C)OC(=O)N[C@H](CNC(=O)c1ccc(Cl)s1)C(=O)Nc1ccc(N2CCOCC2=O)cc1F. The van der Waals surface area contributed by atoms with Crippen molar-refractivity contribution in [1.82, 2.24) is 10.6 Å². The topological polar surface area (TPSA) is 126 Å². The Bertz CT molecular complexity index is 1110. The number of carbonyl (C=O) groups excluding carboxylic acids is 4. The molecule has 0 radical (unpaired) electrons. The number of hydrogen-bond donors (Lipinski definition) is 3. The van der Waals surface area contributed by atoms with Gasteiger partial charge in [-0.25, -0.2) is 9.18 Å². The Morgan fingerprint density at radius 1 is 1.26 bits per heavy atom. The minimum Gasteiger partial charge on any atom is -0.447 e. The fourth-order valence-corrected chi connectivity index (χ4v) is 4.06. The Labute approximate surface area is 209 Å². The molecule has 1 aliphatic heterocycles. The van der Waals surface area contributed by atoms with Gasteiger partial charge in [-0.1, -0.05) is 11.6 Å². The van der Waals surface area contributed by atoms with Gasteiger partial charge in [0.2, 0.25) is 5.91 Å². The molecule has 1 saturated heterocycles. The summed E-state index contributed by atoms with van der Waals surface area (Å²) in [6.07, 6.45) is -1.33. The van der Waals surface area contributed by atoms with Crippen molar-refractivity contribution in [1.29, 1.82) is 0 Å². The summed E-state index contributed by atoms with van der Waals surface area (Å²) in [6.45, 7) is 3.48. The first kappa shape index (κ1) is 26.4. The molecule has 3 rings (SSSR count). The number of alkyl carbamates (subject to hydrolysis) is 1. The molecule has 0 spiro atoms. The van der Waals surface area contributed by atoms with E-state index in [0.717, 1.165) is 17.4 Å². The normalized spacial score (nSPS) is 14.4. The summed E-state index contributed by atoms with van der Waals surface area (Å²) >= 11 is 6.90. The lowest BCUT2D eigenvalue weighted by atomic mass is 10.2. The average molecular weight is 527 g/mol. The maximum absolute atomic E-state index is 14.8. The van der Waals surface area contributed by atoms with Crippen LogP contribution in [0.1, 0.15) is 23.5 Å². The van der Waals surface area contributed by atoms with Gasteiger partial charge >= 0.3 is 6.09 Å². The van der Waals surface area contributed by atoms with E-state index < -0.39 is 35.9 Å². The maximum Gasteiger partial charge on any atom is 0.408 e. The summed E-state index contributed by atoms with van der Waals surface area (Å²) in [7, 11) is 0. The number of ether oxygens (including phenoxy) is 2. The minimum atomic E-state index is -1.28. The van der Waals surface area contributed by atoms with Gasteiger partial charge in [0.1, 0.15) is 18.5 Å². The molecule has 3 N–H and O–H groups in total. The van der Waals surface area contributed by atoms with Gasteiger partial charge in [0.15, 0.2) is 0 Å². The van der Waals surface area contributed by atoms with E-state index in [9.17, 15) is 23.6 Å². The Morgan fingerprint density at radius 3 is 2.66 bits per heavy atom. The van der Waals surface area contributed by atoms with Crippen LogP contribution >= 0.6 is 22.9 Å². The average Bonchev–Trinajstić information content (AvgIpc) is 3.24. The molecule has 35 heavy (non-hydrogen) atoms. The van der Waals surface area contributed by atoms with Gasteiger partial charge in [0, 0.05) is 18.8 Å². The largest absolute Gasteiger partial charge is 0.447 e. The van der Waals surface area contributed by atoms with E-state index in [-0.39, 0.29) is 31.3 Å². The number of hydrogen-bond acceptors (Lipinski definition) is 7. The molecule has 4 amide bonds. The van der Waals surface area contributed by atoms with E-state index >= 15 is 0 Å². The molecule has 0 aliphatic carbocycles. The van der Waals surface area contributed by atoms with Gasteiger partial charge in [-0.15, -0.1) is 11.3 Å². The van der Waals surface area contributed by atoms with Crippen LogP contribution in [0, 0.1) is 5.82 Å². The molecular weight excluding hydrogens is 503 g/mol. The van der Waals surface area contributed by atoms with Crippen LogP contribution in [-0.4, -0.2) is 62.3 Å². The maximum atomic E-state index is 14.8. The second-order valence-corrected chi connectivity index (χ2v) is 9.43. The molecule has 188 valence electrons. The zero-order chi connectivity index (χ0) is 25.5. The van der Waals surface area contributed by atoms with Crippen molar-refractivity contribution in [3.63, 3.8) is 0 Å². The fraction of sp³-hybridized carbons (Fsp3) is 0.364. The zero-order valence-electron chi connectivity index (χ0n) is 18.9. The summed E-state index contributed by atoms with van der Waals surface area (Å²) in [5.74, 6) is -2.37. The van der Waals surface area contributed by atoms with Crippen molar-refractivity contribution in [2.24, 2.45) is 0 Å². The third kappa shape index (κ3) is 7.38. The van der Waals surface area contributed by atoms with Crippen LogP contribution < -0.4 is 20.9 Å². The lowest BCUT2D eigenvalue weighted by Gasteiger charge is -2.27. The first-order valence-electron chi connectivity index (χ1n) is 10.6. The molecule has 0 unspecified atom stereocenters. The number of carbonyl (C=O) groups is 4. The van der Waals surface area contributed by atoms with Crippen LogP contribution in [0.4, 0.5) is 20.6 Å². The number of anilines is 2. The summed E-state index contributed by atoms with van der Waals surface area (Å²) < 4.78 is 25.3. The number of halogens is 2. The highest BCUT2D eigenvalue weighted by Crippen LogP contribution is 2.24. The molecular formula is C22H24ClFN4O6S. The first-order valence-corrected chi connectivity index (χ1v) is 11.8. The molecule has 1 aliphatic rings. The molecule has 0 bridgehead atoms. The number of benzene rings is 1. The summed E-state index contributed by atoms with van der Waals surface area (Å²) in [5, 5.41) is 7.31. The van der Waals surface area contributed by atoms with Crippen LogP contribution in [0.2, 0.25) is 4.34 Å². The van der Waals surface area contributed by atoms with Crippen LogP contribution in [-0.2, 0) is 19.1 Å². The third-order valence-electron chi connectivity index (χ3n) is 4.72. The molecule has 1 fully saturated rings. The van der Waals surface area contributed by atoms with Gasteiger partial charge in [0.25, 0.3) is 11.8 Å². The summed E-state index contributed by atoms with van der Waals surface area (Å²) in [4.78, 5) is 51.0. The monoisotopic (exact) mass is 526 g/mol. The summed E-state index contributed by atoms with van der Waals surface area (Å²) in [5.41, 5.74) is 0.158. The van der Waals surface area contributed by atoms with Crippen molar-refractivity contribution in [2.75, 3.05) is 36.5 Å². The number of amides is 4. The number of nitrogens with zero attached hydrogens (tertiary/aromatic N) is 1. The van der Waals surface area contributed by atoms with Crippen molar-refractivity contribution in [3.8, 4) is 0 Å². The minimum absolute atomic E-state index is 0.0939. The second kappa shape index (κ2) is 12.0. The summed E-state index contributed by atoms with van der Waals surface area (Å²) in [6, 6.07) is 5.71. The first-order chi connectivity index (χ1) is 16.6. The van der Waals surface area contributed by atoms with E-state index in [1.54, 1.807) is 19.9 Å². The number of thiophene rings is 1. The van der Waals surface area contributed by atoms with Gasteiger partial charge < -0.3 is 30.3 Å². The van der Waals surface area contributed by atoms with Gasteiger partial charge in [-0.2, -0.15) is 0 Å². The molecule has 2 aromatic rings. The molecule has 1 aromatic heterocycles. The highest BCUT2D eigenvalue weighted by atomic mass is 35.5. The molecule has 1 atom stereocenters. The quantitative estimate of drug-likeness (QED) is 0.485. The van der Waals surface area contributed by atoms with E-state index in [1.807, 2.05) is 0 Å². The standard InChI is InChI=1S/C22H24ClFN4O6S/c1-12(2)34-22(32)27-16(10-25-21(31)17-5-6-18(23)35-17)20(30)26-15-4-3-13(9-14(15)24)28-7-8-33-11-19(28)29/h3-6,9,12,16H,7-8,10-11H2,1-2H3,(H,25,31)(H,26,30)(H,27,32)/t16-/m1/s1. The van der Waals surface area contributed by atoms with E-state index in [2.05, 4.69) is 16.0 Å². The highest BCUT2D eigenvalue weighted by Gasteiger charge is 2.25. The smallest absolute Gasteiger partial charge is 0.408 e. The molecule has 1 aromatic carbocycles. The Balaban J connectivity index is 1.70. The molecule has 13 heteroatoms. The Hall–Kier alpha value is -3.22. The van der Waals surface area contributed by atoms with Crippen molar-refractivity contribution >= 4 is 58.1 Å². The van der Waals surface area contributed by atoms with Gasteiger partial charge in [0.05, 0.1) is 27.6 Å². The predicted molar refractivity (Wildman–Crippen MR) is 128 cm³/mol. The van der Waals surface area contributed by atoms with Crippen LogP contribution in [0.15, 0.2) is 30.3 Å². The van der Waals surface area contributed by atoms with Crippen molar-refractivity contribution < 1.29 is 33.0 Å². The van der Waals surface area contributed by atoms with Crippen molar-refractivity contribution in [2.45, 2.75) is 26.0 Å².